The molecule has 4 N–H and O–H groups in total. The number of amides is 3. The summed E-state index contributed by atoms with van der Waals surface area (Å²) < 4.78 is 26.2. The number of rotatable bonds is 5. The Labute approximate surface area is 163 Å². The van der Waals surface area contributed by atoms with Crippen molar-refractivity contribution in [3.63, 3.8) is 0 Å². The van der Waals surface area contributed by atoms with Gasteiger partial charge in [-0.05, 0) is 42.5 Å². The fourth-order valence-electron chi connectivity index (χ4n) is 2.54. The van der Waals surface area contributed by atoms with E-state index in [9.17, 15) is 23.2 Å². The predicted molar refractivity (Wildman–Crippen MR) is 101 cm³/mol. The third-order valence-electron chi connectivity index (χ3n) is 4.09. The molecule has 10 heteroatoms. The lowest BCUT2D eigenvalue weighted by atomic mass is 10.2. The number of carbonyl (C=O) groups is 3. The maximum absolute atomic E-state index is 13.3. The summed E-state index contributed by atoms with van der Waals surface area (Å²) in [4.78, 5) is 43.6. The molecule has 0 radical (unpaired) electrons. The number of halogens is 2. The molecular formula is C19H15F2N5O3. The van der Waals surface area contributed by atoms with Crippen molar-refractivity contribution in [2.75, 3.05) is 17.3 Å². The summed E-state index contributed by atoms with van der Waals surface area (Å²) in [6.45, 7) is 0. The number of benzene rings is 2. The maximum atomic E-state index is 13.3. The first kappa shape index (κ1) is 19.7. The minimum Gasteiger partial charge on any atom is -0.364 e. The van der Waals surface area contributed by atoms with Crippen LogP contribution in [0.5, 0.6) is 0 Å². The highest BCUT2D eigenvalue weighted by atomic mass is 19.2. The van der Waals surface area contributed by atoms with Crippen LogP contribution >= 0.6 is 0 Å². The van der Waals surface area contributed by atoms with Gasteiger partial charge < -0.3 is 20.9 Å². The first-order valence-corrected chi connectivity index (χ1v) is 8.25. The van der Waals surface area contributed by atoms with Crippen LogP contribution in [0.25, 0.3) is 0 Å². The number of imidazole rings is 1. The fraction of sp³-hybridized carbons (Fsp3) is 0.0526. The number of primary amides is 1. The van der Waals surface area contributed by atoms with E-state index < -0.39 is 29.4 Å². The monoisotopic (exact) mass is 399 g/mol. The van der Waals surface area contributed by atoms with E-state index in [2.05, 4.69) is 15.3 Å². The molecular weight excluding hydrogens is 384 g/mol. The van der Waals surface area contributed by atoms with Gasteiger partial charge in [-0.2, -0.15) is 0 Å². The average molecular weight is 399 g/mol. The zero-order chi connectivity index (χ0) is 21.1. The van der Waals surface area contributed by atoms with Gasteiger partial charge in [-0.1, -0.05) is 0 Å². The highest BCUT2D eigenvalue weighted by Crippen LogP contribution is 2.20. The van der Waals surface area contributed by atoms with Gasteiger partial charge in [-0.15, -0.1) is 0 Å². The van der Waals surface area contributed by atoms with Crippen LogP contribution in [0.4, 0.5) is 20.2 Å². The van der Waals surface area contributed by atoms with E-state index in [0.717, 1.165) is 18.2 Å². The van der Waals surface area contributed by atoms with E-state index in [1.165, 1.54) is 30.4 Å². The van der Waals surface area contributed by atoms with Crippen molar-refractivity contribution >= 4 is 29.1 Å². The number of carbonyl (C=O) groups excluding carboxylic acids is 3. The molecule has 1 aromatic heterocycles. The quantitative estimate of drug-likeness (QED) is 0.610. The Morgan fingerprint density at radius 1 is 1.07 bits per heavy atom. The van der Waals surface area contributed by atoms with E-state index in [1.54, 1.807) is 12.1 Å². The standard InChI is InChI=1S/C19H15F2N5O3/c1-26(19(29)16-15(17(22)27)23-9-24-16)12-5-3-11(4-6-12)25-18(28)10-2-7-13(20)14(21)8-10/h2-9H,1H3,(H2,22,27)(H,23,24)(H,25,28). The van der Waals surface area contributed by atoms with Gasteiger partial charge in [0, 0.05) is 24.0 Å². The fourth-order valence-corrected chi connectivity index (χ4v) is 2.54. The van der Waals surface area contributed by atoms with Crippen molar-refractivity contribution < 1.29 is 23.2 Å². The molecule has 0 saturated carbocycles. The van der Waals surface area contributed by atoms with Gasteiger partial charge in [0.25, 0.3) is 17.7 Å². The summed E-state index contributed by atoms with van der Waals surface area (Å²) in [6, 6.07) is 8.99. The number of anilines is 2. The molecule has 0 aliphatic heterocycles. The lowest BCUT2D eigenvalue weighted by Crippen LogP contribution is -2.29. The van der Waals surface area contributed by atoms with Crippen LogP contribution in [-0.4, -0.2) is 34.7 Å². The van der Waals surface area contributed by atoms with Crippen LogP contribution in [0.3, 0.4) is 0 Å². The molecule has 0 bridgehead atoms. The zero-order valence-corrected chi connectivity index (χ0v) is 15.1. The van der Waals surface area contributed by atoms with E-state index >= 15 is 0 Å². The maximum Gasteiger partial charge on any atom is 0.276 e. The SMILES string of the molecule is CN(C(=O)c1[nH]cnc1C(N)=O)c1ccc(NC(=O)c2ccc(F)c(F)c2)cc1. The second-order valence-electron chi connectivity index (χ2n) is 5.98. The molecule has 29 heavy (non-hydrogen) atoms. The molecule has 148 valence electrons. The van der Waals surface area contributed by atoms with Crippen LogP contribution in [0.1, 0.15) is 31.3 Å². The van der Waals surface area contributed by atoms with Gasteiger partial charge in [0.15, 0.2) is 17.3 Å². The second kappa shape index (κ2) is 7.89. The van der Waals surface area contributed by atoms with Crippen molar-refractivity contribution in [1.82, 2.24) is 9.97 Å². The first-order chi connectivity index (χ1) is 13.8. The van der Waals surface area contributed by atoms with Crippen molar-refractivity contribution in [2.45, 2.75) is 0 Å². The molecule has 0 aliphatic carbocycles. The molecule has 3 rings (SSSR count). The van der Waals surface area contributed by atoms with Crippen LogP contribution in [0.15, 0.2) is 48.8 Å². The second-order valence-corrected chi connectivity index (χ2v) is 5.98. The molecule has 8 nitrogen and oxygen atoms in total. The number of H-pyrrole nitrogens is 1. The Balaban J connectivity index is 1.73. The van der Waals surface area contributed by atoms with Crippen molar-refractivity contribution in [3.05, 3.63) is 77.4 Å². The van der Waals surface area contributed by atoms with Gasteiger partial charge in [0.1, 0.15) is 5.69 Å². The van der Waals surface area contributed by atoms with Crippen molar-refractivity contribution in [2.24, 2.45) is 5.73 Å². The molecule has 0 spiro atoms. The van der Waals surface area contributed by atoms with Gasteiger partial charge in [0.05, 0.1) is 6.33 Å². The molecule has 0 aliphatic rings. The van der Waals surface area contributed by atoms with Gasteiger partial charge in [0.2, 0.25) is 0 Å². The molecule has 1 heterocycles. The number of aromatic amines is 1. The molecule has 0 fully saturated rings. The topological polar surface area (TPSA) is 121 Å². The van der Waals surface area contributed by atoms with Crippen LogP contribution in [-0.2, 0) is 0 Å². The Bertz CT molecular complexity index is 1100. The number of nitrogens with two attached hydrogens (primary N) is 1. The Morgan fingerprint density at radius 2 is 1.76 bits per heavy atom. The number of hydrogen-bond acceptors (Lipinski definition) is 4. The Hall–Kier alpha value is -4.08. The normalized spacial score (nSPS) is 10.4. The lowest BCUT2D eigenvalue weighted by Gasteiger charge is -2.17. The van der Waals surface area contributed by atoms with E-state index in [4.69, 9.17) is 5.73 Å². The van der Waals surface area contributed by atoms with Gasteiger partial charge in [-0.25, -0.2) is 13.8 Å². The third kappa shape index (κ3) is 4.10. The summed E-state index contributed by atoms with van der Waals surface area (Å²) in [5.74, 6) is -4.16. The van der Waals surface area contributed by atoms with E-state index in [-0.39, 0.29) is 17.0 Å². The molecule has 0 unspecified atom stereocenters. The molecule has 3 aromatic rings. The summed E-state index contributed by atoms with van der Waals surface area (Å²) >= 11 is 0. The summed E-state index contributed by atoms with van der Waals surface area (Å²) in [5, 5.41) is 2.54. The summed E-state index contributed by atoms with van der Waals surface area (Å²) in [7, 11) is 1.49. The Kier molecular flexibility index (Phi) is 5.35. The first-order valence-electron chi connectivity index (χ1n) is 8.25. The third-order valence-corrected chi connectivity index (χ3v) is 4.09. The largest absolute Gasteiger partial charge is 0.364 e. The van der Waals surface area contributed by atoms with Crippen molar-refractivity contribution in [3.8, 4) is 0 Å². The van der Waals surface area contributed by atoms with E-state index in [0.29, 0.717) is 11.4 Å². The number of hydrogen-bond donors (Lipinski definition) is 3. The Morgan fingerprint density at radius 3 is 2.38 bits per heavy atom. The van der Waals surface area contributed by atoms with Crippen molar-refractivity contribution in [1.29, 1.82) is 0 Å². The number of nitrogens with zero attached hydrogens (tertiary/aromatic N) is 2. The van der Waals surface area contributed by atoms with Crippen LogP contribution < -0.4 is 16.0 Å². The average Bonchev–Trinajstić information content (AvgIpc) is 3.19. The molecule has 0 saturated heterocycles. The molecule has 3 amide bonds. The van der Waals surface area contributed by atoms with Crippen LogP contribution in [0, 0.1) is 11.6 Å². The minimum absolute atomic E-state index is 0.0431. The van der Waals surface area contributed by atoms with E-state index in [1.807, 2.05) is 0 Å². The number of aromatic nitrogens is 2. The highest BCUT2D eigenvalue weighted by molar-refractivity contribution is 6.11. The van der Waals surface area contributed by atoms with Crippen LogP contribution in [0.2, 0.25) is 0 Å². The molecule has 0 atom stereocenters. The predicted octanol–water partition coefficient (Wildman–Crippen LogP) is 2.32. The number of nitrogens with one attached hydrogen (secondary N) is 2. The lowest BCUT2D eigenvalue weighted by molar-refractivity contribution is 0.0958. The van der Waals surface area contributed by atoms with Gasteiger partial charge >= 0.3 is 0 Å². The summed E-state index contributed by atoms with van der Waals surface area (Å²) in [5.41, 5.74) is 5.78. The molecule has 2 aromatic carbocycles. The highest BCUT2D eigenvalue weighted by Gasteiger charge is 2.22. The minimum atomic E-state index is -1.12. The van der Waals surface area contributed by atoms with Gasteiger partial charge in [-0.3, -0.25) is 14.4 Å². The summed E-state index contributed by atoms with van der Waals surface area (Å²) in [6.07, 6.45) is 1.19. The zero-order valence-electron chi connectivity index (χ0n) is 15.1. The smallest absolute Gasteiger partial charge is 0.276 e.